The SMILES string of the molecule is CC1c2scc(-c3nc4cc(F)ccc4s3)c2CCN1C(=O)OC(C)(C)C. The molecule has 0 aliphatic carbocycles. The summed E-state index contributed by atoms with van der Waals surface area (Å²) in [7, 11) is 0. The van der Waals surface area contributed by atoms with Crippen molar-refractivity contribution < 1.29 is 13.9 Å². The van der Waals surface area contributed by atoms with E-state index in [-0.39, 0.29) is 18.0 Å². The van der Waals surface area contributed by atoms with Crippen LogP contribution in [0.3, 0.4) is 0 Å². The quantitative estimate of drug-likeness (QED) is 0.498. The van der Waals surface area contributed by atoms with Gasteiger partial charge in [-0.15, -0.1) is 22.7 Å². The number of hydrogen-bond acceptors (Lipinski definition) is 5. The number of carbonyl (C=O) groups excluding carboxylic acids is 1. The highest BCUT2D eigenvalue weighted by Crippen LogP contribution is 2.43. The highest BCUT2D eigenvalue weighted by atomic mass is 32.1. The van der Waals surface area contributed by atoms with Crippen LogP contribution in [-0.2, 0) is 11.2 Å². The van der Waals surface area contributed by atoms with E-state index in [1.807, 2.05) is 27.7 Å². The molecule has 1 atom stereocenters. The summed E-state index contributed by atoms with van der Waals surface area (Å²) >= 11 is 3.23. The molecule has 0 radical (unpaired) electrons. The molecule has 1 aromatic carbocycles. The first-order valence-electron chi connectivity index (χ1n) is 8.89. The largest absolute Gasteiger partial charge is 0.444 e. The summed E-state index contributed by atoms with van der Waals surface area (Å²) in [6.07, 6.45) is 0.494. The minimum absolute atomic E-state index is 0.0332. The van der Waals surface area contributed by atoms with Crippen molar-refractivity contribution in [3.8, 4) is 10.6 Å². The minimum atomic E-state index is -0.506. The van der Waals surface area contributed by atoms with Crippen LogP contribution in [0.2, 0.25) is 0 Å². The number of carbonyl (C=O) groups is 1. The van der Waals surface area contributed by atoms with Gasteiger partial charge in [-0.3, -0.25) is 0 Å². The standard InChI is InChI=1S/C20H21FN2O2S2/c1-11-17-13(7-8-23(11)19(24)25-20(2,3)4)14(10-26-17)18-22-15-9-12(21)5-6-16(15)27-18/h5-6,9-11H,7-8H2,1-4H3. The Bertz CT molecular complexity index is 1020. The van der Waals surface area contributed by atoms with Crippen molar-refractivity contribution in [3.05, 3.63) is 39.8 Å². The third-order valence-electron chi connectivity index (χ3n) is 4.58. The number of ether oxygens (including phenoxy) is 1. The van der Waals surface area contributed by atoms with E-state index in [9.17, 15) is 9.18 Å². The van der Waals surface area contributed by atoms with Gasteiger partial charge in [0.1, 0.15) is 16.4 Å². The molecule has 4 nitrogen and oxygen atoms in total. The Balaban J connectivity index is 1.65. The molecule has 2 aromatic heterocycles. The van der Waals surface area contributed by atoms with Gasteiger partial charge in [0.25, 0.3) is 0 Å². The fourth-order valence-corrected chi connectivity index (χ4v) is 5.58. The maximum atomic E-state index is 13.5. The van der Waals surface area contributed by atoms with Crippen molar-refractivity contribution in [1.29, 1.82) is 0 Å². The van der Waals surface area contributed by atoms with Crippen LogP contribution in [0.1, 0.15) is 44.2 Å². The molecule has 0 N–H and O–H groups in total. The van der Waals surface area contributed by atoms with Crippen LogP contribution in [0.25, 0.3) is 20.8 Å². The van der Waals surface area contributed by atoms with Crippen molar-refractivity contribution in [2.24, 2.45) is 0 Å². The van der Waals surface area contributed by atoms with Crippen LogP contribution in [0, 0.1) is 5.82 Å². The Morgan fingerprint density at radius 2 is 2.15 bits per heavy atom. The molecule has 3 heterocycles. The smallest absolute Gasteiger partial charge is 0.410 e. The van der Waals surface area contributed by atoms with Gasteiger partial charge in [-0.25, -0.2) is 14.2 Å². The maximum absolute atomic E-state index is 13.5. The van der Waals surface area contributed by atoms with Crippen LogP contribution in [-0.4, -0.2) is 28.1 Å². The zero-order valence-electron chi connectivity index (χ0n) is 15.7. The maximum Gasteiger partial charge on any atom is 0.410 e. The number of rotatable bonds is 1. The zero-order chi connectivity index (χ0) is 19.3. The lowest BCUT2D eigenvalue weighted by Crippen LogP contribution is -2.41. The number of fused-ring (bicyclic) bond motifs is 2. The van der Waals surface area contributed by atoms with Crippen molar-refractivity contribution >= 4 is 39.0 Å². The highest BCUT2D eigenvalue weighted by Gasteiger charge is 2.33. The summed E-state index contributed by atoms with van der Waals surface area (Å²) in [5, 5.41) is 3.01. The molecule has 1 unspecified atom stereocenters. The fraction of sp³-hybridized carbons (Fsp3) is 0.400. The highest BCUT2D eigenvalue weighted by molar-refractivity contribution is 7.22. The molecule has 0 saturated carbocycles. The molecule has 1 aliphatic heterocycles. The first-order valence-corrected chi connectivity index (χ1v) is 10.6. The molecule has 27 heavy (non-hydrogen) atoms. The van der Waals surface area contributed by atoms with Gasteiger partial charge in [0.15, 0.2) is 0 Å². The average molecular weight is 405 g/mol. The van der Waals surface area contributed by atoms with Gasteiger partial charge in [0, 0.05) is 28.4 Å². The van der Waals surface area contributed by atoms with Crippen molar-refractivity contribution in [2.45, 2.75) is 45.8 Å². The van der Waals surface area contributed by atoms with E-state index >= 15 is 0 Å². The van der Waals surface area contributed by atoms with Crippen LogP contribution in [0.15, 0.2) is 23.6 Å². The second-order valence-electron chi connectivity index (χ2n) is 7.72. The van der Waals surface area contributed by atoms with Gasteiger partial charge in [-0.2, -0.15) is 0 Å². The van der Waals surface area contributed by atoms with E-state index < -0.39 is 5.60 Å². The third-order valence-corrected chi connectivity index (χ3v) is 6.85. The van der Waals surface area contributed by atoms with Crippen LogP contribution in [0.4, 0.5) is 9.18 Å². The van der Waals surface area contributed by atoms with Gasteiger partial charge < -0.3 is 9.64 Å². The molecule has 1 amide bonds. The predicted molar refractivity (Wildman–Crippen MR) is 108 cm³/mol. The van der Waals surface area contributed by atoms with Crippen LogP contribution < -0.4 is 0 Å². The number of benzene rings is 1. The topological polar surface area (TPSA) is 42.4 Å². The first-order chi connectivity index (χ1) is 12.7. The summed E-state index contributed by atoms with van der Waals surface area (Å²) in [6, 6.07) is 4.68. The second-order valence-corrected chi connectivity index (χ2v) is 9.66. The molecular formula is C20H21FN2O2S2. The van der Waals surface area contributed by atoms with Gasteiger partial charge in [-0.1, -0.05) is 0 Å². The van der Waals surface area contributed by atoms with E-state index in [0.29, 0.717) is 12.1 Å². The van der Waals surface area contributed by atoms with Gasteiger partial charge in [0.05, 0.1) is 16.3 Å². The molecule has 1 aliphatic rings. The lowest BCUT2D eigenvalue weighted by Gasteiger charge is -2.35. The Kier molecular flexibility index (Phi) is 4.47. The van der Waals surface area contributed by atoms with E-state index in [1.54, 1.807) is 33.6 Å². The van der Waals surface area contributed by atoms with Gasteiger partial charge in [0.2, 0.25) is 0 Å². The lowest BCUT2D eigenvalue weighted by molar-refractivity contribution is 0.0164. The Hall–Kier alpha value is -1.99. The molecule has 3 aromatic rings. The molecule has 142 valence electrons. The Labute approximate surface area is 165 Å². The number of amides is 1. The van der Waals surface area contributed by atoms with E-state index in [4.69, 9.17) is 4.74 Å². The average Bonchev–Trinajstić information content (AvgIpc) is 3.16. The number of aromatic nitrogens is 1. The minimum Gasteiger partial charge on any atom is -0.444 e. The monoisotopic (exact) mass is 404 g/mol. The van der Waals surface area contributed by atoms with Crippen LogP contribution >= 0.6 is 22.7 Å². The van der Waals surface area contributed by atoms with Crippen LogP contribution in [0.5, 0.6) is 0 Å². The predicted octanol–water partition coefficient (Wildman–Crippen LogP) is 6.02. The van der Waals surface area contributed by atoms with E-state index in [2.05, 4.69) is 10.4 Å². The van der Waals surface area contributed by atoms with Crippen molar-refractivity contribution in [1.82, 2.24) is 9.88 Å². The fourth-order valence-electron chi connectivity index (χ4n) is 3.34. The summed E-state index contributed by atoms with van der Waals surface area (Å²) < 4.78 is 20.0. The molecule has 0 bridgehead atoms. The number of hydrogen-bond donors (Lipinski definition) is 0. The Morgan fingerprint density at radius 3 is 2.89 bits per heavy atom. The van der Waals surface area contributed by atoms with E-state index in [1.165, 1.54) is 22.6 Å². The van der Waals surface area contributed by atoms with Crippen molar-refractivity contribution in [2.75, 3.05) is 6.54 Å². The summed E-state index contributed by atoms with van der Waals surface area (Å²) in [5.41, 5.74) is 2.53. The van der Waals surface area contributed by atoms with Crippen molar-refractivity contribution in [3.63, 3.8) is 0 Å². The number of thiophene rings is 1. The second kappa shape index (κ2) is 6.56. The third kappa shape index (κ3) is 3.46. The Morgan fingerprint density at radius 1 is 1.37 bits per heavy atom. The summed E-state index contributed by atoms with van der Waals surface area (Å²) in [6.45, 7) is 8.29. The van der Waals surface area contributed by atoms with Gasteiger partial charge >= 0.3 is 6.09 Å². The molecule has 0 spiro atoms. The van der Waals surface area contributed by atoms with E-state index in [0.717, 1.165) is 21.7 Å². The molecule has 7 heteroatoms. The normalized spacial score (nSPS) is 17.2. The summed E-state index contributed by atoms with van der Waals surface area (Å²) in [5.74, 6) is -0.270. The molecule has 0 fully saturated rings. The molecule has 0 saturated heterocycles. The van der Waals surface area contributed by atoms with Gasteiger partial charge in [-0.05, 0) is 51.8 Å². The number of thiazole rings is 1. The zero-order valence-corrected chi connectivity index (χ0v) is 17.3. The lowest BCUT2D eigenvalue weighted by atomic mass is 9.99. The molecular weight excluding hydrogens is 383 g/mol. The first kappa shape index (κ1) is 18.4. The number of nitrogens with zero attached hydrogens (tertiary/aromatic N) is 2. The molecule has 4 rings (SSSR count). The summed E-state index contributed by atoms with van der Waals surface area (Å²) in [4.78, 5) is 20.1. The number of halogens is 1.